The second-order valence-corrected chi connectivity index (χ2v) is 5.58. The molecule has 7 nitrogen and oxygen atoms in total. The Kier molecular flexibility index (Phi) is 4.36. The fourth-order valence-corrected chi connectivity index (χ4v) is 2.50. The van der Waals surface area contributed by atoms with Crippen LogP contribution < -0.4 is 11.5 Å². The van der Waals surface area contributed by atoms with Gasteiger partial charge in [0.25, 0.3) is 5.91 Å². The number of hydrogen-bond donors (Lipinski definition) is 3. The third-order valence-corrected chi connectivity index (χ3v) is 3.80. The number of oxazole rings is 1. The van der Waals surface area contributed by atoms with Crippen molar-refractivity contribution in [3.05, 3.63) is 54.1 Å². The lowest BCUT2D eigenvalue weighted by Gasteiger charge is -2.09. The number of pyridine rings is 1. The van der Waals surface area contributed by atoms with Gasteiger partial charge in [0.15, 0.2) is 11.5 Å². The van der Waals surface area contributed by atoms with Crippen molar-refractivity contribution in [1.82, 2.24) is 9.97 Å². The van der Waals surface area contributed by atoms with Crippen LogP contribution in [0.1, 0.15) is 28.0 Å². The first-order chi connectivity index (χ1) is 12.6. The molecule has 140 valence electrons. The highest BCUT2D eigenvalue weighted by molar-refractivity contribution is 5.97. The van der Waals surface area contributed by atoms with Gasteiger partial charge in [0.1, 0.15) is 17.0 Å². The first-order valence-corrected chi connectivity index (χ1v) is 7.52. The van der Waals surface area contributed by atoms with Crippen molar-refractivity contribution in [2.24, 2.45) is 11.5 Å². The molecule has 0 aliphatic carbocycles. The minimum atomic E-state index is -4.68. The second-order valence-electron chi connectivity index (χ2n) is 5.58. The number of rotatable bonds is 4. The van der Waals surface area contributed by atoms with Crippen molar-refractivity contribution in [2.75, 3.05) is 0 Å². The van der Waals surface area contributed by atoms with Crippen molar-refractivity contribution in [1.29, 1.82) is 0 Å². The number of aromatic nitrogens is 2. The van der Waals surface area contributed by atoms with Crippen molar-refractivity contribution < 1.29 is 27.5 Å². The van der Waals surface area contributed by atoms with Gasteiger partial charge in [-0.3, -0.25) is 4.79 Å². The average Bonchev–Trinajstić information content (AvgIpc) is 3.06. The zero-order valence-corrected chi connectivity index (χ0v) is 13.6. The average molecular weight is 378 g/mol. The zero-order chi connectivity index (χ0) is 19.9. The lowest BCUT2D eigenvalue weighted by atomic mass is 10.1. The van der Waals surface area contributed by atoms with Crippen LogP contribution in [0.15, 0.2) is 41.3 Å². The van der Waals surface area contributed by atoms with Crippen LogP contribution in [-0.2, 0) is 6.18 Å². The number of carbonyl (C=O) groups excluding carboxylic acids is 1. The van der Waals surface area contributed by atoms with Crippen molar-refractivity contribution in [3.8, 4) is 17.2 Å². The molecule has 5 N–H and O–H groups in total. The summed E-state index contributed by atoms with van der Waals surface area (Å²) in [6.07, 6.45) is -3.37. The summed E-state index contributed by atoms with van der Waals surface area (Å²) in [6.45, 7) is 3.50. The van der Waals surface area contributed by atoms with E-state index < -0.39 is 29.6 Å². The number of nitrogens with two attached hydrogens (primary N) is 2. The van der Waals surface area contributed by atoms with Gasteiger partial charge in [-0.05, 0) is 24.3 Å². The third-order valence-electron chi connectivity index (χ3n) is 3.80. The lowest BCUT2D eigenvalue weighted by molar-refractivity contribution is -0.140. The molecule has 0 aliphatic rings. The number of alkyl halides is 3. The molecule has 10 heteroatoms. The number of carbonyl (C=O) groups is 1. The Balaban J connectivity index is 2.25. The summed E-state index contributed by atoms with van der Waals surface area (Å²) in [5.41, 5.74) is 9.58. The van der Waals surface area contributed by atoms with Gasteiger partial charge in [-0.25, -0.2) is 9.97 Å². The fraction of sp³-hybridized carbons (Fsp3) is 0.118. The number of hydrogen-bond acceptors (Lipinski definition) is 6. The first kappa shape index (κ1) is 18.4. The van der Waals surface area contributed by atoms with E-state index in [1.807, 2.05) is 0 Å². The van der Waals surface area contributed by atoms with E-state index in [-0.39, 0.29) is 33.8 Å². The van der Waals surface area contributed by atoms with Crippen LogP contribution in [0.2, 0.25) is 0 Å². The van der Waals surface area contributed by atoms with Gasteiger partial charge >= 0.3 is 6.18 Å². The number of phenolic OH excluding ortho intramolecular Hbond substituents is 1. The van der Waals surface area contributed by atoms with E-state index in [1.165, 1.54) is 12.1 Å². The Morgan fingerprint density at radius 3 is 2.56 bits per heavy atom. The fourth-order valence-electron chi connectivity index (χ4n) is 2.50. The molecule has 0 bridgehead atoms. The van der Waals surface area contributed by atoms with Crippen LogP contribution in [0.5, 0.6) is 5.75 Å². The summed E-state index contributed by atoms with van der Waals surface area (Å²) in [5.74, 6) is -1.49. The Morgan fingerprint density at radius 2 is 1.96 bits per heavy atom. The zero-order valence-electron chi connectivity index (χ0n) is 13.6. The minimum Gasteiger partial charge on any atom is -0.506 e. The molecule has 1 atom stereocenters. The summed E-state index contributed by atoms with van der Waals surface area (Å²) < 4.78 is 44.2. The number of phenols is 1. The maximum atomic E-state index is 12.9. The molecule has 1 amide bonds. The molecule has 0 saturated carbocycles. The predicted molar refractivity (Wildman–Crippen MR) is 89.6 cm³/mol. The molecule has 0 fully saturated rings. The molecule has 27 heavy (non-hydrogen) atoms. The predicted octanol–water partition coefficient (Wildman–Crippen LogP) is 2.90. The highest BCUT2D eigenvalue weighted by atomic mass is 19.4. The van der Waals surface area contributed by atoms with Gasteiger partial charge in [-0.15, -0.1) is 6.58 Å². The molecular formula is C17H13F3N4O3. The van der Waals surface area contributed by atoms with Gasteiger partial charge in [0.2, 0.25) is 5.89 Å². The van der Waals surface area contributed by atoms with E-state index in [4.69, 9.17) is 15.9 Å². The molecule has 0 radical (unpaired) electrons. The van der Waals surface area contributed by atoms with Gasteiger partial charge < -0.3 is 21.0 Å². The Morgan fingerprint density at radius 1 is 1.26 bits per heavy atom. The van der Waals surface area contributed by atoms with Crippen LogP contribution in [0, 0.1) is 0 Å². The number of nitrogens with zero attached hydrogens (tertiary/aromatic N) is 2. The van der Waals surface area contributed by atoms with Crippen LogP contribution in [-0.4, -0.2) is 21.0 Å². The molecular weight excluding hydrogens is 365 g/mol. The molecule has 3 aromatic rings. The summed E-state index contributed by atoms with van der Waals surface area (Å²) in [4.78, 5) is 19.1. The number of amides is 1. The molecule has 3 rings (SSSR count). The monoisotopic (exact) mass is 378 g/mol. The molecule has 0 unspecified atom stereocenters. The summed E-state index contributed by atoms with van der Waals surface area (Å²) in [6, 6.07) is 3.53. The van der Waals surface area contributed by atoms with Crippen molar-refractivity contribution in [2.45, 2.75) is 12.2 Å². The summed E-state index contributed by atoms with van der Waals surface area (Å²) in [7, 11) is 0. The second kappa shape index (κ2) is 6.40. The van der Waals surface area contributed by atoms with Gasteiger partial charge in [0, 0.05) is 10.9 Å². The van der Waals surface area contributed by atoms with Crippen LogP contribution in [0.25, 0.3) is 22.4 Å². The van der Waals surface area contributed by atoms with Crippen LogP contribution >= 0.6 is 0 Å². The van der Waals surface area contributed by atoms with Crippen LogP contribution in [0.3, 0.4) is 0 Å². The molecule has 0 spiro atoms. The maximum Gasteiger partial charge on any atom is 0.433 e. The van der Waals surface area contributed by atoms with Crippen molar-refractivity contribution in [3.63, 3.8) is 0 Å². The number of fused-ring (bicyclic) bond motifs is 1. The van der Waals surface area contributed by atoms with E-state index in [2.05, 4.69) is 16.5 Å². The molecule has 0 aliphatic heterocycles. The van der Waals surface area contributed by atoms with E-state index >= 15 is 0 Å². The Labute approximate surface area is 150 Å². The maximum absolute atomic E-state index is 12.9. The van der Waals surface area contributed by atoms with Gasteiger partial charge in [0.05, 0.1) is 6.04 Å². The Hall–Kier alpha value is -3.40. The molecule has 1 aromatic carbocycles. The minimum absolute atomic E-state index is 0.0337. The number of benzene rings is 1. The standard InChI is InChI=1S/C17H13F3N4O3/c1-2-9(21)14-13(15(22)26)24-16(27-14)8-3-5-10(25)12-7(8)4-6-11(23-12)17(18,19)20/h2-6,9,25H,1,21H2,(H2,22,26)/t9-/m0/s1. The highest BCUT2D eigenvalue weighted by Crippen LogP contribution is 2.37. The largest absolute Gasteiger partial charge is 0.506 e. The third kappa shape index (κ3) is 3.22. The van der Waals surface area contributed by atoms with E-state index in [0.717, 1.165) is 18.2 Å². The molecule has 2 aromatic heterocycles. The molecule has 2 heterocycles. The molecule has 0 saturated heterocycles. The number of primary amides is 1. The summed E-state index contributed by atoms with van der Waals surface area (Å²) in [5, 5.41) is 10.1. The topological polar surface area (TPSA) is 128 Å². The van der Waals surface area contributed by atoms with Crippen molar-refractivity contribution >= 4 is 16.8 Å². The number of aromatic hydroxyl groups is 1. The quantitative estimate of drug-likeness (QED) is 0.599. The van der Waals surface area contributed by atoms with Gasteiger partial charge in [-0.2, -0.15) is 13.2 Å². The van der Waals surface area contributed by atoms with Gasteiger partial charge in [-0.1, -0.05) is 6.08 Å². The highest BCUT2D eigenvalue weighted by Gasteiger charge is 2.33. The van der Waals surface area contributed by atoms with E-state index in [9.17, 15) is 23.1 Å². The number of halogens is 3. The SMILES string of the molecule is C=C[C@H](N)c1oc(-c2ccc(O)c3nc(C(F)(F)F)ccc23)nc1C(N)=O. The first-order valence-electron chi connectivity index (χ1n) is 7.52. The van der Waals surface area contributed by atoms with Crippen LogP contribution in [0.4, 0.5) is 13.2 Å². The smallest absolute Gasteiger partial charge is 0.433 e. The normalized spacial score (nSPS) is 12.9. The van der Waals surface area contributed by atoms with E-state index in [0.29, 0.717) is 0 Å². The van der Waals surface area contributed by atoms with E-state index in [1.54, 1.807) is 0 Å². The Bertz CT molecular complexity index is 1060. The lowest BCUT2D eigenvalue weighted by Crippen LogP contribution is -2.17. The summed E-state index contributed by atoms with van der Waals surface area (Å²) >= 11 is 0.